The molecule has 0 spiro atoms. The fourth-order valence-electron chi connectivity index (χ4n) is 2.96. The Morgan fingerprint density at radius 1 is 1.21 bits per heavy atom. The molecule has 2 aromatic carbocycles. The standard InChI is InChI=1S/C21H18F2N2O3S/c22-17-8-5-14(10-18(17)23)19-12-29-21(24-19)25-20(26)13-3-6-15(7-4-13)28-11-16-2-1-9-27-16/h3-8,10,12,16H,1-2,9,11H2,(H,24,25,26)/t16-/m0/s1. The van der Waals surface area contributed by atoms with Crippen LogP contribution in [-0.4, -0.2) is 30.2 Å². The molecule has 1 fully saturated rings. The molecule has 2 heterocycles. The minimum Gasteiger partial charge on any atom is -0.491 e. The van der Waals surface area contributed by atoms with Crippen LogP contribution in [0.2, 0.25) is 0 Å². The zero-order chi connectivity index (χ0) is 20.2. The predicted octanol–water partition coefficient (Wildman–Crippen LogP) is 4.90. The molecular weight excluding hydrogens is 398 g/mol. The highest BCUT2D eigenvalue weighted by molar-refractivity contribution is 7.14. The predicted molar refractivity (Wildman–Crippen MR) is 106 cm³/mol. The van der Waals surface area contributed by atoms with Crippen molar-refractivity contribution in [1.82, 2.24) is 4.98 Å². The second kappa shape index (κ2) is 8.67. The molecule has 4 rings (SSSR count). The van der Waals surface area contributed by atoms with Gasteiger partial charge >= 0.3 is 0 Å². The Balaban J connectivity index is 1.36. The lowest BCUT2D eigenvalue weighted by Gasteiger charge is -2.11. The van der Waals surface area contributed by atoms with E-state index in [1.54, 1.807) is 29.6 Å². The van der Waals surface area contributed by atoms with E-state index in [-0.39, 0.29) is 12.0 Å². The molecule has 0 saturated carbocycles. The number of aromatic nitrogens is 1. The van der Waals surface area contributed by atoms with Gasteiger partial charge in [-0.25, -0.2) is 13.8 Å². The van der Waals surface area contributed by atoms with Gasteiger partial charge in [0.05, 0.1) is 11.8 Å². The fraction of sp³-hybridized carbons (Fsp3) is 0.238. The summed E-state index contributed by atoms with van der Waals surface area (Å²) in [4.78, 5) is 16.7. The smallest absolute Gasteiger partial charge is 0.257 e. The summed E-state index contributed by atoms with van der Waals surface area (Å²) in [6, 6.07) is 10.4. The summed E-state index contributed by atoms with van der Waals surface area (Å²) in [6.45, 7) is 1.28. The highest BCUT2D eigenvalue weighted by atomic mass is 32.1. The highest BCUT2D eigenvalue weighted by Gasteiger charge is 2.16. The second-order valence-electron chi connectivity index (χ2n) is 6.59. The number of thiazole rings is 1. The number of carbonyl (C=O) groups is 1. The minimum atomic E-state index is -0.942. The molecule has 29 heavy (non-hydrogen) atoms. The van der Waals surface area contributed by atoms with E-state index >= 15 is 0 Å². The molecule has 0 bridgehead atoms. The van der Waals surface area contributed by atoms with Crippen molar-refractivity contribution >= 4 is 22.4 Å². The SMILES string of the molecule is O=C(Nc1nc(-c2ccc(F)c(F)c2)cs1)c1ccc(OC[C@@H]2CCCO2)cc1. The van der Waals surface area contributed by atoms with Crippen LogP contribution in [0.5, 0.6) is 5.75 Å². The first kappa shape index (κ1) is 19.5. The zero-order valence-electron chi connectivity index (χ0n) is 15.4. The number of nitrogens with zero attached hydrogens (tertiary/aromatic N) is 1. The van der Waals surface area contributed by atoms with E-state index < -0.39 is 11.6 Å². The maximum absolute atomic E-state index is 13.4. The topological polar surface area (TPSA) is 60.5 Å². The lowest BCUT2D eigenvalue weighted by atomic mass is 10.2. The van der Waals surface area contributed by atoms with E-state index in [0.717, 1.165) is 31.6 Å². The summed E-state index contributed by atoms with van der Waals surface area (Å²) in [7, 11) is 0. The summed E-state index contributed by atoms with van der Waals surface area (Å²) >= 11 is 1.20. The van der Waals surface area contributed by atoms with Crippen LogP contribution in [-0.2, 0) is 4.74 Å². The largest absolute Gasteiger partial charge is 0.491 e. The van der Waals surface area contributed by atoms with Gasteiger partial charge in [-0.15, -0.1) is 11.3 Å². The van der Waals surface area contributed by atoms with E-state index in [1.165, 1.54) is 17.4 Å². The number of benzene rings is 2. The van der Waals surface area contributed by atoms with Crippen molar-refractivity contribution in [2.75, 3.05) is 18.5 Å². The van der Waals surface area contributed by atoms with Crippen LogP contribution < -0.4 is 10.1 Å². The molecule has 1 N–H and O–H groups in total. The van der Waals surface area contributed by atoms with Crippen molar-refractivity contribution in [2.24, 2.45) is 0 Å². The van der Waals surface area contributed by atoms with Gasteiger partial charge in [-0.3, -0.25) is 10.1 Å². The number of anilines is 1. The minimum absolute atomic E-state index is 0.131. The molecule has 150 valence electrons. The highest BCUT2D eigenvalue weighted by Crippen LogP contribution is 2.26. The molecule has 1 aliphatic heterocycles. The molecule has 5 nitrogen and oxygen atoms in total. The first-order valence-corrected chi connectivity index (χ1v) is 10.0. The average Bonchev–Trinajstić information content (AvgIpc) is 3.41. The van der Waals surface area contributed by atoms with Crippen LogP contribution in [0.3, 0.4) is 0 Å². The van der Waals surface area contributed by atoms with E-state index in [4.69, 9.17) is 9.47 Å². The molecule has 0 unspecified atom stereocenters. The number of halogens is 2. The maximum Gasteiger partial charge on any atom is 0.257 e. The number of hydrogen-bond donors (Lipinski definition) is 1. The number of carbonyl (C=O) groups excluding carboxylic acids is 1. The number of hydrogen-bond acceptors (Lipinski definition) is 5. The van der Waals surface area contributed by atoms with Gasteiger partial charge in [-0.2, -0.15) is 0 Å². The van der Waals surface area contributed by atoms with E-state index in [0.29, 0.717) is 34.3 Å². The molecule has 1 amide bonds. The van der Waals surface area contributed by atoms with Crippen LogP contribution in [0.15, 0.2) is 47.8 Å². The van der Waals surface area contributed by atoms with Gasteiger partial charge in [0.2, 0.25) is 0 Å². The first-order chi connectivity index (χ1) is 14.1. The van der Waals surface area contributed by atoms with Crippen LogP contribution in [0, 0.1) is 11.6 Å². The molecule has 1 aromatic heterocycles. The Bertz CT molecular complexity index is 1000. The second-order valence-corrected chi connectivity index (χ2v) is 7.45. The number of ether oxygens (including phenoxy) is 2. The molecule has 3 aromatic rings. The van der Waals surface area contributed by atoms with Crippen molar-refractivity contribution < 1.29 is 23.0 Å². The summed E-state index contributed by atoms with van der Waals surface area (Å²) in [5.74, 6) is -1.50. The van der Waals surface area contributed by atoms with Gasteiger partial charge in [0.15, 0.2) is 16.8 Å². The van der Waals surface area contributed by atoms with Gasteiger partial charge in [-0.05, 0) is 55.3 Å². The van der Waals surface area contributed by atoms with Gasteiger partial charge in [0.25, 0.3) is 5.91 Å². The molecule has 1 aliphatic rings. The lowest BCUT2D eigenvalue weighted by Crippen LogP contribution is -2.16. The zero-order valence-corrected chi connectivity index (χ0v) is 16.2. The molecule has 0 radical (unpaired) electrons. The van der Waals surface area contributed by atoms with Crippen LogP contribution in [0.25, 0.3) is 11.3 Å². The van der Waals surface area contributed by atoms with Crippen LogP contribution in [0.4, 0.5) is 13.9 Å². The molecule has 1 saturated heterocycles. The lowest BCUT2D eigenvalue weighted by molar-refractivity contribution is 0.0679. The summed E-state index contributed by atoms with van der Waals surface area (Å²) < 4.78 is 37.7. The van der Waals surface area contributed by atoms with Crippen LogP contribution >= 0.6 is 11.3 Å². The molecule has 0 aliphatic carbocycles. The van der Waals surface area contributed by atoms with E-state index in [1.807, 2.05) is 0 Å². The van der Waals surface area contributed by atoms with Gasteiger partial charge in [-0.1, -0.05) is 0 Å². The van der Waals surface area contributed by atoms with E-state index in [9.17, 15) is 13.6 Å². The Labute approximate surface area is 170 Å². The number of rotatable bonds is 6. The van der Waals surface area contributed by atoms with Gasteiger partial charge < -0.3 is 9.47 Å². The van der Waals surface area contributed by atoms with Crippen molar-refractivity contribution in [2.45, 2.75) is 18.9 Å². The molecule has 8 heteroatoms. The van der Waals surface area contributed by atoms with Crippen molar-refractivity contribution in [1.29, 1.82) is 0 Å². The van der Waals surface area contributed by atoms with Gasteiger partial charge in [0, 0.05) is 23.1 Å². The quantitative estimate of drug-likeness (QED) is 0.621. The Morgan fingerprint density at radius 3 is 2.76 bits per heavy atom. The summed E-state index contributed by atoms with van der Waals surface area (Å²) in [6.07, 6.45) is 2.19. The van der Waals surface area contributed by atoms with Crippen molar-refractivity contribution in [3.8, 4) is 17.0 Å². The maximum atomic E-state index is 13.4. The number of nitrogens with one attached hydrogen (secondary N) is 1. The summed E-state index contributed by atoms with van der Waals surface area (Å²) in [5.41, 5.74) is 1.36. The monoisotopic (exact) mass is 416 g/mol. The third-order valence-corrected chi connectivity index (χ3v) is 5.27. The fourth-order valence-corrected chi connectivity index (χ4v) is 3.67. The summed E-state index contributed by atoms with van der Waals surface area (Å²) in [5, 5.41) is 4.75. The third kappa shape index (κ3) is 4.78. The molecule has 1 atom stereocenters. The van der Waals surface area contributed by atoms with Crippen molar-refractivity contribution in [3.05, 3.63) is 65.0 Å². The van der Waals surface area contributed by atoms with Crippen molar-refractivity contribution in [3.63, 3.8) is 0 Å². The average molecular weight is 416 g/mol. The third-order valence-electron chi connectivity index (χ3n) is 4.52. The van der Waals surface area contributed by atoms with Gasteiger partial charge in [0.1, 0.15) is 12.4 Å². The first-order valence-electron chi connectivity index (χ1n) is 9.15. The Morgan fingerprint density at radius 2 is 2.03 bits per heavy atom. The normalized spacial score (nSPS) is 16.0. The van der Waals surface area contributed by atoms with E-state index in [2.05, 4.69) is 10.3 Å². The Hall–Kier alpha value is -2.84. The molecular formula is C21H18F2N2O3S. The number of amides is 1. The van der Waals surface area contributed by atoms with Crippen LogP contribution in [0.1, 0.15) is 23.2 Å². The Kier molecular flexibility index (Phi) is 5.82.